The quantitative estimate of drug-likeness (QED) is 0.524. The molecule has 0 bridgehead atoms. The molecule has 76 valence electrons. The van der Waals surface area contributed by atoms with Gasteiger partial charge >= 0.3 is 0 Å². The average molecular weight is 190 g/mol. The van der Waals surface area contributed by atoms with Gasteiger partial charge in [-0.3, -0.25) is 0 Å². The molecule has 0 aromatic carbocycles. The van der Waals surface area contributed by atoms with Crippen molar-refractivity contribution in [2.45, 2.75) is 44.2 Å². The van der Waals surface area contributed by atoms with E-state index in [1.165, 1.54) is 0 Å². The first-order chi connectivity index (χ1) is 5.99. The molecule has 2 saturated heterocycles. The molecule has 4 atom stereocenters. The molecular weight excluding hydrogens is 176 g/mol. The summed E-state index contributed by atoms with van der Waals surface area (Å²) in [6, 6.07) is 0. The van der Waals surface area contributed by atoms with Crippen molar-refractivity contribution in [1.29, 1.82) is 0 Å². The summed E-state index contributed by atoms with van der Waals surface area (Å²) in [7, 11) is 0. The number of ether oxygens (including phenoxy) is 3. The third-order valence-electron chi connectivity index (χ3n) is 2.28. The predicted molar refractivity (Wildman–Crippen MR) is 41.8 cm³/mol. The van der Waals surface area contributed by atoms with Crippen LogP contribution in [0, 0.1) is 0 Å². The van der Waals surface area contributed by atoms with Crippen LogP contribution in [-0.4, -0.2) is 47.2 Å². The molecule has 2 rings (SSSR count). The molecular formula is C8H14O5. The Morgan fingerprint density at radius 2 is 1.92 bits per heavy atom. The molecule has 13 heavy (non-hydrogen) atoms. The number of rotatable bonds is 0. The van der Waals surface area contributed by atoms with Gasteiger partial charge in [0.15, 0.2) is 12.1 Å². The second-order valence-corrected chi connectivity index (χ2v) is 3.85. The van der Waals surface area contributed by atoms with Crippen LogP contribution in [0.1, 0.15) is 13.8 Å². The number of aliphatic hydroxyl groups is 2. The fraction of sp³-hybridized carbons (Fsp3) is 1.00. The maximum atomic E-state index is 9.50. The van der Waals surface area contributed by atoms with E-state index in [2.05, 4.69) is 0 Å². The molecule has 0 spiro atoms. The Balaban J connectivity index is 2.11. The Labute approximate surface area is 76.2 Å². The summed E-state index contributed by atoms with van der Waals surface area (Å²) in [6.45, 7) is 3.79. The Morgan fingerprint density at radius 1 is 1.23 bits per heavy atom. The van der Waals surface area contributed by atoms with Crippen molar-refractivity contribution in [1.82, 2.24) is 0 Å². The molecule has 0 radical (unpaired) electrons. The summed E-state index contributed by atoms with van der Waals surface area (Å²) in [5.41, 5.74) is 0. The molecule has 0 saturated carbocycles. The summed E-state index contributed by atoms with van der Waals surface area (Å²) in [4.78, 5) is 0. The molecule has 0 unspecified atom stereocenters. The van der Waals surface area contributed by atoms with Crippen LogP contribution < -0.4 is 0 Å². The van der Waals surface area contributed by atoms with Crippen molar-refractivity contribution in [3.63, 3.8) is 0 Å². The minimum atomic E-state index is -1.17. The van der Waals surface area contributed by atoms with Gasteiger partial charge in [0, 0.05) is 0 Å². The van der Waals surface area contributed by atoms with E-state index in [-0.39, 0.29) is 12.7 Å². The lowest BCUT2D eigenvalue weighted by atomic mass is 10.1. The summed E-state index contributed by atoms with van der Waals surface area (Å²) in [5, 5.41) is 18.7. The van der Waals surface area contributed by atoms with Crippen LogP contribution in [0.4, 0.5) is 0 Å². The molecule has 5 heteroatoms. The second-order valence-electron chi connectivity index (χ2n) is 3.85. The van der Waals surface area contributed by atoms with Gasteiger partial charge in [-0.2, -0.15) is 0 Å². The summed E-state index contributed by atoms with van der Waals surface area (Å²) >= 11 is 0. The third kappa shape index (κ3) is 1.58. The van der Waals surface area contributed by atoms with Gasteiger partial charge in [-0.1, -0.05) is 0 Å². The van der Waals surface area contributed by atoms with Crippen molar-refractivity contribution in [3.8, 4) is 0 Å². The van der Waals surface area contributed by atoms with Gasteiger partial charge in [0.05, 0.1) is 6.61 Å². The van der Waals surface area contributed by atoms with Crippen molar-refractivity contribution < 1.29 is 24.4 Å². The molecule has 2 N–H and O–H groups in total. The lowest BCUT2D eigenvalue weighted by Crippen LogP contribution is -2.51. The molecule has 2 fully saturated rings. The van der Waals surface area contributed by atoms with Crippen molar-refractivity contribution in [2.24, 2.45) is 0 Å². The number of hydrogen-bond donors (Lipinski definition) is 2. The van der Waals surface area contributed by atoms with E-state index in [9.17, 15) is 10.2 Å². The lowest BCUT2D eigenvalue weighted by molar-refractivity contribution is -0.230. The zero-order valence-corrected chi connectivity index (χ0v) is 7.64. The molecule has 0 aromatic rings. The molecule has 0 aliphatic carbocycles. The molecule has 5 nitrogen and oxygen atoms in total. The molecule has 2 heterocycles. The van der Waals surface area contributed by atoms with Crippen molar-refractivity contribution >= 4 is 0 Å². The van der Waals surface area contributed by atoms with Crippen LogP contribution in [0.3, 0.4) is 0 Å². The monoisotopic (exact) mass is 190 g/mol. The van der Waals surface area contributed by atoms with Gasteiger partial charge < -0.3 is 24.4 Å². The van der Waals surface area contributed by atoms with Gasteiger partial charge in [-0.05, 0) is 13.8 Å². The van der Waals surface area contributed by atoms with Gasteiger partial charge in [0.1, 0.15) is 18.3 Å². The average Bonchev–Trinajstić information content (AvgIpc) is 2.34. The molecule has 0 amide bonds. The van der Waals surface area contributed by atoms with Crippen LogP contribution in [0.5, 0.6) is 0 Å². The van der Waals surface area contributed by atoms with E-state index in [1.54, 1.807) is 13.8 Å². The van der Waals surface area contributed by atoms with Crippen LogP contribution in [0.2, 0.25) is 0 Å². The molecule has 2 aliphatic heterocycles. The summed E-state index contributed by atoms with van der Waals surface area (Å²) in [5.74, 6) is -0.705. The maximum absolute atomic E-state index is 9.50. The Bertz CT molecular complexity index is 205. The number of aliphatic hydroxyl groups excluding tert-OH is 2. The van der Waals surface area contributed by atoms with Crippen LogP contribution in [-0.2, 0) is 14.2 Å². The minimum absolute atomic E-state index is 0.256. The fourth-order valence-electron chi connectivity index (χ4n) is 1.74. The first-order valence-electron chi connectivity index (χ1n) is 4.33. The standard InChI is InChI=1S/C8H14O5/c1-8(2)12-4-3-11-7(10)5(9)6(4)13-8/h4-7,9-10H,3H2,1-2H3/t4-,5-,6-,7-/m0/s1. The zero-order chi connectivity index (χ0) is 9.64. The SMILES string of the molecule is CC1(C)O[C@@H]2[C@H](O)[C@@H](O)OC[C@@H]2O1. The smallest absolute Gasteiger partial charge is 0.183 e. The van der Waals surface area contributed by atoms with Crippen molar-refractivity contribution in [3.05, 3.63) is 0 Å². The van der Waals surface area contributed by atoms with E-state index >= 15 is 0 Å². The van der Waals surface area contributed by atoms with Crippen LogP contribution in [0.15, 0.2) is 0 Å². The highest BCUT2D eigenvalue weighted by atomic mass is 16.8. The lowest BCUT2D eigenvalue weighted by Gasteiger charge is -2.31. The first kappa shape index (κ1) is 9.36. The third-order valence-corrected chi connectivity index (χ3v) is 2.28. The predicted octanol–water partition coefficient (Wildman–Crippen LogP) is -0.784. The highest BCUT2D eigenvalue weighted by molar-refractivity contribution is 4.90. The Morgan fingerprint density at radius 3 is 2.62 bits per heavy atom. The topological polar surface area (TPSA) is 68.2 Å². The van der Waals surface area contributed by atoms with Crippen LogP contribution in [0.25, 0.3) is 0 Å². The molecule has 2 aliphatic rings. The maximum Gasteiger partial charge on any atom is 0.183 e. The number of hydrogen-bond acceptors (Lipinski definition) is 5. The van der Waals surface area contributed by atoms with E-state index in [0.29, 0.717) is 0 Å². The van der Waals surface area contributed by atoms with E-state index in [1.807, 2.05) is 0 Å². The largest absolute Gasteiger partial charge is 0.385 e. The van der Waals surface area contributed by atoms with Gasteiger partial charge in [0.2, 0.25) is 0 Å². The second kappa shape index (κ2) is 2.90. The van der Waals surface area contributed by atoms with Gasteiger partial charge in [-0.25, -0.2) is 0 Å². The highest BCUT2D eigenvalue weighted by Crippen LogP contribution is 2.33. The van der Waals surface area contributed by atoms with E-state index in [0.717, 1.165) is 0 Å². The van der Waals surface area contributed by atoms with E-state index in [4.69, 9.17) is 14.2 Å². The van der Waals surface area contributed by atoms with Crippen LogP contribution >= 0.6 is 0 Å². The summed E-state index contributed by atoms with van der Waals surface area (Å²) in [6.07, 6.45) is -2.97. The first-order valence-corrected chi connectivity index (χ1v) is 4.33. The number of fused-ring (bicyclic) bond motifs is 1. The van der Waals surface area contributed by atoms with Gasteiger partial charge in [-0.15, -0.1) is 0 Å². The normalized spacial score (nSPS) is 48.9. The van der Waals surface area contributed by atoms with Gasteiger partial charge in [0.25, 0.3) is 0 Å². The van der Waals surface area contributed by atoms with E-state index < -0.39 is 24.3 Å². The fourth-order valence-corrected chi connectivity index (χ4v) is 1.74. The zero-order valence-electron chi connectivity index (χ0n) is 7.64. The Kier molecular flexibility index (Phi) is 2.08. The Hall–Kier alpha value is -0.200. The van der Waals surface area contributed by atoms with Crippen molar-refractivity contribution in [2.75, 3.05) is 6.61 Å². The highest BCUT2D eigenvalue weighted by Gasteiger charge is 2.50. The molecule has 0 aromatic heterocycles. The summed E-state index contributed by atoms with van der Waals surface area (Å²) < 4.78 is 15.8. The minimum Gasteiger partial charge on any atom is -0.385 e.